The highest BCUT2D eigenvalue weighted by molar-refractivity contribution is 7.22. The quantitative estimate of drug-likeness (QED) is 0.379. The van der Waals surface area contributed by atoms with Crippen LogP contribution in [-0.2, 0) is 32.0 Å². The SMILES string of the molecule is Cc1cc(C)c2sc(N(Cc3ccccc3)C(=O)Cn3cnc4c3c(=O)n(C)c(=O)n4C)nc2c1. The maximum atomic E-state index is 13.7. The summed E-state index contributed by atoms with van der Waals surface area (Å²) in [6.45, 7) is 4.28. The molecule has 1 amide bonds. The van der Waals surface area contributed by atoms with Crippen LogP contribution in [0.2, 0.25) is 0 Å². The van der Waals surface area contributed by atoms with Gasteiger partial charge in [0.05, 0.1) is 23.1 Å². The van der Waals surface area contributed by atoms with Crippen LogP contribution in [0.3, 0.4) is 0 Å². The molecule has 178 valence electrons. The molecule has 5 aromatic rings. The van der Waals surface area contributed by atoms with E-state index >= 15 is 0 Å². The maximum absolute atomic E-state index is 13.7. The van der Waals surface area contributed by atoms with E-state index in [0.717, 1.165) is 31.5 Å². The van der Waals surface area contributed by atoms with Crippen molar-refractivity contribution in [2.24, 2.45) is 14.1 Å². The molecule has 35 heavy (non-hydrogen) atoms. The Morgan fingerprint density at radius 3 is 2.54 bits per heavy atom. The molecule has 0 unspecified atom stereocenters. The van der Waals surface area contributed by atoms with Crippen LogP contribution in [0.5, 0.6) is 0 Å². The largest absolute Gasteiger partial charge is 0.332 e. The lowest BCUT2D eigenvalue weighted by atomic mass is 10.1. The topological polar surface area (TPSA) is 95.0 Å². The van der Waals surface area contributed by atoms with Gasteiger partial charge in [0.15, 0.2) is 16.3 Å². The lowest BCUT2D eigenvalue weighted by Gasteiger charge is -2.20. The van der Waals surface area contributed by atoms with Crippen LogP contribution in [-0.4, -0.2) is 29.6 Å². The van der Waals surface area contributed by atoms with Crippen molar-refractivity contribution in [2.75, 3.05) is 4.90 Å². The second-order valence-electron chi connectivity index (χ2n) is 8.64. The number of imidazole rings is 1. The summed E-state index contributed by atoms with van der Waals surface area (Å²) in [5, 5.41) is 0.590. The van der Waals surface area contributed by atoms with Gasteiger partial charge in [-0.1, -0.05) is 47.7 Å². The Morgan fingerprint density at radius 1 is 1.06 bits per heavy atom. The van der Waals surface area contributed by atoms with E-state index in [4.69, 9.17) is 4.98 Å². The van der Waals surface area contributed by atoms with E-state index in [-0.39, 0.29) is 23.6 Å². The summed E-state index contributed by atoms with van der Waals surface area (Å²) in [5.41, 5.74) is 3.52. The van der Waals surface area contributed by atoms with Gasteiger partial charge < -0.3 is 4.57 Å². The monoisotopic (exact) mass is 488 g/mol. The number of fused-ring (bicyclic) bond motifs is 2. The summed E-state index contributed by atoms with van der Waals surface area (Å²) < 4.78 is 4.86. The van der Waals surface area contributed by atoms with Gasteiger partial charge >= 0.3 is 5.69 Å². The summed E-state index contributed by atoms with van der Waals surface area (Å²) in [6, 6.07) is 13.8. The van der Waals surface area contributed by atoms with Crippen molar-refractivity contribution in [3.05, 3.63) is 86.3 Å². The number of carbonyl (C=O) groups excluding carboxylic acids is 1. The zero-order chi connectivity index (χ0) is 24.9. The zero-order valence-corrected chi connectivity index (χ0v) is 20.7. The fourth-order valence-electron chi connectivity index (χ4n) is 4.26. The van der Waals surface area contributed by atoms with Gasteiger partial charge in [0.25, 0.3) is 5.56 Å². The van der Waals surface area contributed by atoms with Gasteiger partial charge in [-0.2, -0.15) is 0 Å². The van der Waals surface area contributed by atoms with Crippen LogP contribution >= 0.6 is 11.3 Å². The number of hydrogen-bond acceptors (Lipinski definition) is 6. The van der Waals surface area contributed by atoms with E-state index in [2.05, 4.69) is 11.1 Å². The standard InChI is InChI=1S/C25H24N6O3S/c1-15-10-16(2)21-18(11-15)27-24(35-21)31(12-17-8-6-5-7-9-17)19(32)13-30-14-26-22-20(30)23(33)29(4)25(34)28(22)3/h5-11,14H,12-13H2,1-4H3. The Balaban J connectivity index is 1.59. The molecule has 0 N–H and O–H groups in total. The first-order valence-corrected chi connectivity index (χ1v) is 11.9. The van der Waals surface area contributed by atoms with E-state index in [1.165, 1.54) is 33.8 Å². The van der Waals surface area contributed by atoms with E-state index in [1.54, 1.807) is 11.9 Å². The third-order valence-corrected chi connectivity index (χ3v) is 7.28. The number of thiazole rings is 1. The number of amides is 1. The summed E-state index contributed by atoms with van der Waals surface area (Å²) in [4.78, 5) is 49.5. The van der Waals surface area contributed by atoms with Gasteiger partial charge in [-0.25, -0.2) is 14.8 Å². The van der Waals surface area contributed by atoms with Crippen LogP contribution in [0.1, 0.15) is 16.7 Å². The molecule has 3 heterocycles. The predicted octanol–water partition coefficient (Wildman–Crippen LogP) is 2.89. The van der Waals surface area contributed by atoms with Crippen LogP contribution < -0.4 is 16.1 Å². The van der Waals surface area contributed by atoms with Crippen LogP contribution in [0.25, 0.3) is 21.4 Å². The van der Waals surface area contributed by atoms with Gasteiger partial charge in [-0.05, 0) is 36.6 Å². The van der Waals surface area contributed by atoms with Gasteiger partial charge in [-0.15, -0.1) is 0 Å². The number of anilines is 1. The first-order valence-electron chi connectivity index (χ1n) is 11.1. The third kappa shape index (κ3) is 3.95. The van der Waals surface area contributed by atoms with Crippen LogP contribution in [0.15, 0.2) is 58.4 Å². The zero-order valence-electron chi connectivity index (χ0n) is 19.8. The lowest BCUT2D eigenvalue weighted by molar-refractivity contribution is -0.119. The second-order valence-corrected chi connectivity index (χ2v) is 9.62. The Bertz CT molecular complexity index is 1710. The first kappa shape index (κ1) is 22.7. The van der Waals surface area contributed by atoms with Crippen molar-refractivity contribution in [2.45, 2.75) is 26.9 Å². The summed E-state index contributed by atoms with van der Waals surface area (Å²) in [7, 11) is 2.97. The molecular formula is C25H24N6O3S. The number of benzene rings is 2. The Morgan fingerprint density at radius 2 is 1.80 bits per heavy atom. The van der Waals surface area contributed by atoms with Crippen molar-refractivity contribution in [3.8, 4) is 0 Å². The minimum atomic E-state index is -0.492. The molecule has 9 nitrogen and oxygen atoms in total. The molecule has 0 radical (unpaired) electrons. The van der Waals surface area contributed by atoms with E-state index < -0.39 is 11.2 Å². The summed E-state index contributed by atoms with van der Waals surface area (Å²) in [5.74, 6) is -0.238. The maximum Gasteiger partial charge on any atom is 0.332 e. The normalized spacial score (nSPS) is 11.4. The van der Waals surface area contributed by atoms with E-state index in [0.29, 0.717) is 11.7 Å². The van der Waals surface area contributed by atoms with Gasteiger partial charge in [0.1, 0.15) is 6.54 Å². The first-order chi connectivity index (χ1) is 16.7. The minimum absolute atomic E-state index is 0.120. The van der Waals surface area contributed by atoms with E-state index in [1.807, 2.05) is 50.2 Å². The average molecular weight is 489 g/mol. The number of aryl methyl sites for hydroxylation is 3. The smallest absolute Gasteiger partial charge is 0.315 e. The Labute approximate surface area is 204 Å². The number of hydrogen-bond donors (Lipinski definition) is 0. The van der Waals surface area contributed by atoms with Crippen molar-refractivity contribution < 1.29 is 4.79 Å². The molecule has 0 bridgehead atoms. The fraction of sp³-hybridized carbons (Fsp3) is 0.240. The van der Waals surface area contributed by atoms with Gasteiger partial charge in [0, 0.05) is 14.1 Å². The highest BCUT2D eigenvalue weighted by atomic mass is 32.1. The number of rotatable bonds is 5. The second kappa shape index (κ2) is 8.62. The molecule has 0 fully saturated rings. The molecule has 0 atom stereocenters. The molecule has 10 heteroatoms. The number of carbonyl (C=O) groups is 1. The third-order valence-electron chi connectivity index (χ3n) is 6.05. The minimum Gasteiger partial charge on any atom is -0.315 e. The number of aromatic nitrogens is 5. The molecule has 0 saturated carbocycles. The predicted molar refractivity (Wildman–Crippen MR) is 137 cm³/mol. The van der Waals surface area contributed by atoms with Gasteiger partial charge in [-0.3, -0.25) is 23.6 Å². The molecular weight excluding hydrogens is 464 g/mol. The summed E-state index contributed by atoms with van der Waals surface area (Å²) >= 11 is 1.47. The fourth-order valence-corrected chi connectivity index (χ4v) is 5.29. The number of nitrogens with zero attached hydrogens (tertiary/aromatic N) is 6. The van der Waals surface area contributed by atoms with Crippen molar-refractivity contribution in [1.29, 1.82) is 0 Å². The van der Waals surface area contributed by atoms with Gasteiger partial charge in [0.2, 0.25) is 5.91 Å². The molecule has 0 spiro atoms. The lowest BCUT2D eigenvalue weighted by Crippen LogP contribution is -2.38. The highest BCUT2D eigenvalue weighted by Gasteiger charge is 2.23. The molecule has 5 rings (SSSR count). The van der Waals surface area contributed by atoms with Crippen LogP contribution in [0, 0.1) is 13.8 Å². The van der Waals surface area contributed by atoms with Crippen molar-refractivity contribution in [1.82, 2.24) is 23.7 Å². The molecule has 0 aliphatic heterocycles. The highest BCUT2D eigenvalue weighted by Crippen LogP contribution is 2.33. The molecule has 0 aliphatic carbocycles. The Kier molecular flexibility index (Phi) is 5.60. The van der Waals surface area contributed by atoms with Crippen LogP contribution in [0.4, 0.5) is 5.13 Å². The molecule has 2 aromatic carbocycles. The average Bonchev–Trinajstić information content (AvgIpc) is 3.45. The molecule has 3 aromatic heterocycles. The molecule has 0 aliphatic rings. The molecule has 0 saturated heterocycles. The summed E-state index contributed by atoms with van der Waals surface area (Å²) in [6.07, 6.45) is 1.43. The van der Waals surface area contributed by atoms with Crippen molar-refractivity contribution >= 4 is 43.8 Å². The van der Waals surface area contributed by atoms with Crippen molar-refractivity contribution in [3.63, 3.8) is 0 Å². The Hall–Kier alpha value is -4.05. The van der Waals surface area contributed by atoms with E-state index in [9.17, 15) is 14.4 Å².